The first-order valence-corrected chi connectivity index (χ1v) is 9.63. The Morgan fingerprint density at radius 1 is 1.07 bits per heavy atom. The molecule has 1 saturated heterocycles. The Morgan fingerprint density at radius 2 is 1.89 bits per heavy atom. The number of fused-ring (bicyclic) bond motifs is 1. The van der Waals surface area contributed by atoms with Gasteiger partial charge in [0.15, 0.2) is 11.5 Å². The molecule has 0 radical (unpaired) electrons. The summed E-state index contributed by atoms with van der Waals surface area (Å²) in [5.41, 5.74) is 2.44. The van der Waals surface area contributed by atoms with Gasteiger partial charge in [-0.1, -0.05) is 11.6 Å². The topological polar surface area (TPSA) is 83.0 Å². The van der Waals surface area contributed by atoms with Crippen molar-refractivity contribution in [3.05, 3.63) is 46.5 Å². The number of halogens is 1. The fourth-order valence-corrected chi connectivity index (χ4v) is 4.03. The number of aromatic nitrogens is 5. The minimum atomic E-state index is 0.315. The molecule has 0 unspecified atom stereocenters. The molecule has 5 rings (SSSR count). The Hall–Kier alpha value is -2.72. The van der Waals surface area contributed by atoms with Gasteiger partial charge in [0.2, 0.25) is 0 Å². The highest BCUT2D eigenvalue weighted by molar-refractivity contribution is 6.33. The zero-order chi connectivity index (χ0) is 18.4. The van der Waals surface area contributed by atoms with E-state index in [0.29, 0.717) is 22.4 Å². The van der Waals surface area contributed by atoms with Gasteiger partial charge in [-0.25, -0.2) is 4.98 Å². The van der Waals surface area contributed by atoms with Crippen LogP contribution in [-0.2, 0) is 0 Å². The Morgan fingerprint density at radius 3 is 2.59 bits per heavy atom. The van der Waals surface area contributed by atoms with Crippen LogP contribution < -0.4 is 4.90 Å². The van der Waals surface area contributed by atoms with Gasteiger partial charge in [-0.3, -0.25) is 0 Å². The third kappa shape index (κ3) is 3.00. The summed E-state index contributed by atoms with van der Waals surface area (Å²) in [7, 11) is 0. The summed E-state index contributed by atoms with van der Waals surface area (Å²) in [5, 5.41) is 23.0. The maximum Gasteiger partial charge on any atom is 0.177 e. The molecule has 0 bridgehead atoms. The lowest BCUT2D eigenvalue weighted by molar-refractivity contribution is 0.474. The minimum absolute atomic E-state index is 0.315. The highest BCUT2D eigenvalue weighted by Gasteiger charge is 2.29. The Bertz CT molecular complexity index is 1040. The molecular weight excluding hydrogens is 362 g/mol. The van der Waals surface area contributed by atoms with Crippen molar-refractivity contribution in [2.24, 2.45) is 0 Å². The van der Waals surface area contributed by atoms with E-state index < -0.39 is 0 Å². The fourth-order valence-electron chi connectivity index (χ4n) is 3.75. The molecule has 0 spiro atoms. The van der Waals surface area contributed by atoms with Crippen LogP contribution >= 0.6 is 11.6 Å². The fraction of sp³-hybridized carbons (Fsp3) is 0.421. The summed E-state index contributed by atoms with van der Waals surface area (Å²) in [5.74, 6) is 2.62. The smallest absolute Gasteiger partial charge is 0.177 e. The van der Waals surface area contributed by atoms with Crippen LogP contribution in [-0.4, -0.2) is 37.9 Å². The van der Waals surface area contributed by atoms with Crippen LogP contribution in [0.5, 0.6) is 0 Å². The molecule has 0 aromatic carbocycles. The molecule has 1 aliphatic heterocycles. The highest BCUT2D eigenvalue weighted by atomic mass is 35.5. The number of piperidine rings is 1. The Kier molecular flexibility index (Phi) is 3.94. The molecule has 8 heteroatoms. The molecule has 0 atom stereocenters. The molecule has 2 aliphatic rings. The number of nitrogens with zero attached hydrogens (tertiary/aromatic N) is 7. The zero-order valence-corrected chi connectivity index (χ0v) is 15.5. The SMILES string of the molecule is N#Cc1cnc(N2CCC(c3nnc4ccc(C5CC5)nn34)CC2)c(Cl)c1. The molecule has 136 valence electrons. The van der Waals surface area contributed by atoms with Gasteiger partial charge in [0.25, 0.3) is 0 Å². The van der Waals surface area contributed by atoms with E-state index in [1.54, 1.807) is 12.3 Å². The third-order valence-corrected chi connectivity index (χ3v) is 5.69. The normalized spacial score (nSPS) is 18.0. The van der Waals surface area contributed by atoms with E-state index in [0.717, 1.165) is 48.9 Å². The van der Waals surface area contributed by atoms with Crippen molar-refractivity contribution in [1.29, 1.82) is 5.26 Å². The van der Waals surface area contributed by atoms with Crippen LogP contribution in [0.15, 0.2) is 24.4 Å². The summed E-state index contributed by atoms with van der Waals surface area (Å²) in [4.78, 5) is 6.55. The van der Waals surface area contributed by atoms with E-state index >= 15 is 0 Å². The number of rotatable bonds is 3. The van der Waals surface area contributed by atoms with E-state index in [9.17, 15) is 0 Å². The van der Waals surface area contributed by atoms with E-state index in [1.165, 1.54) is 12.8 Å². The summed E-state index contributed by atoms with van der Waals surface area (Å²) >= 11 is 6.32. The number of anilines is 1. The predicted octanol–water partition coefficient (Wildman–Crippen LogP) is 3.31. The summed E-state index contributed by atoms with van der Waals surface area (Å²) < 4.78 is 1.93. The van der Waals surface area contributed by atoms with Crippen molar-refractivity contribution in [2.45, 2.75) is 37.5 Å². The summed E-state index contributed by atoms with van der Waals surface area (Å²) in [6, 6.07) is 7.84. The Labute approximate surface area is 161 Å². The van der Waals surface area contributed by atoms with Crippen LogP contribution in [0.4, 0.5) is 5.82 Å². The first kappa shape index (κ1) is 16.5. The number of nitriles is 1. The van der Waals surface area contributed by atoms with Crippen LogP contribution in [0.1, 0.15) is 54.6 Å². The number of pyridine rings is 1. The molecule has 3 aromatic rings. The van der Waals surface area contributed by atoms with Crippen LogP contribution in [0, 0.1) is 11.3 Å². The van der Waals surface area contributed by atoms with Gasteiger partial charge in [-0.15, -0.1) is 10.2 Å². The van der Waals surface area contributed by atoms with Crippen molar-refractivity contribution in [3.8, 4) is 6.07 Å². The lowest BCUT2D eigenvalue weighted by Crippen LogP contribution is -2.34. The van der Waals surface area contributed by atoms with E-state index in [1.807, 2.05) is 10.6 Å². The minimum Gasteiger partial charge on any atom is -0.355 e. The molecule has 1 aliphatic carbocycles. The number of hydrogen-bond donors (Lipinski definition) is 0. The average Bonchev–Trinajstić information content (AvgIpc) is 3.47. The first-order chi connectivity index (χ1) is 13.2. The zero-order valence-electron chi connectivity index (χ0n) is 14.7. The summed E-state index contributed by atoms with van der Waals surface area (Å²) in [6.07, 6.45) is 5.91. The third-order valence-electron chi connectivity index (χ3n) is 5.41. The average molecular weight is 380 g/mol. The van der Waals surface area contributed by atoms with E-state index in [-0.39, 0.29) is 0 Å². The van der Waals surface area contributed by atoms with Gasteiger partial charge in [0.05, 0.1) is 16.3 Å². The van der Waals surface area contributed by atoms with Crippen molar-refractivity contribution in [3.63, 3.8) is 0 Å². The van der Waals surface area contributed by atoms with Crippen molar-refractivity contribution >= 4 is 23.1 Å². The van der Waals surface area contributed by atoms with Crippen LogP contribution in [0.2, 0.25) is 5.02 Å². The van der Waals surface area contributed by atoms with Gasteiger partial charge in [-0.2, -0.15) is 14.9 Å². The molecule has 0 amide bonds. The molecule has 0 N–H and O–H groups in total. The van der Waals surface area contributed by atoms with Gasteiger partial charge in [-0.05, 0) is 43.9 Å². The molecule has 2 fully saturated rings. The lowest BCUT2D eigenvalue weighted by Gasteiger charge is -2.32. The highest BCUT2D eigenvalue weighted by Crippen LogP contribution is 2.39. The van der Waals surface area contributed by atoms with Gasteiger partial charge in [0.1, 0.15) is 11.9 Å². The van der Waals surface area contributed by atoms with Crippen LogP contribution in [0.3, 0.4) is 0 Å². The van der Waals surface area contributed by atoms with Gasteiger partial charge in [0, 0.05) is 31.1 Å². The molecule has 27 heavy (non-hydrogen) atoms. The Balaban J connectivity index is 1.35. The second-order valence-corrected chi connectivity index (χ2v) is 7.67. The van der Waals surface area contributed by atoms with E-state index in [4.69, 9.17) is 22.0 Å². The quantitative estimate of drug-likeness (QED) is 0.694. The molecule has 1 saturated carbocycles. The lowest BCUT2D eigenvalue weighted by atomic mass is 9.96. The maximum absolute atomic E-state index is 8.96. The van der Waals surface area contributed by atoms with Gasteiger partial charge < -0.3 is 4.90 Å². The van der Waals surface area contributed by atoms with Crippen molar-refractivity contribution in [2.75, 3.05) is 18.0 Å². The molecule has 3 aromatic heterocycles. The summed E-state index contributed by atoms with van der Waals surface area (Å²) in [6.45, 7) is 1.67. The standard InChI is InChI=1S/C19H18ClN7/c20-15-9-12(10-21)11-22-19(15)26-7-5-14(6-8-26)18-24-23-17-4-3-16(13-1-2-13)25-27(17)18/h3-4,9,11,13-14H,1-2,5-8H2. The largest absolute Gasteiger partial charge is 0.355 e. The predicted molar refractivity (Wildman–Crippen MR) is 101 cm³/mol. The van der Waals surface area contributed by atoms with Crippen molar-refractivity contribution in [1.82, 2.24) is 24.8 Å². The van der Waals surface area contributed by atoms with E-state index in [2.05, 4.69) is 32.2 Å². The first-order valence-electron chi connectivity index (χ1n) is 9.26. The molecule has 4 heterocycles. The van der Waals surface area contributed by atoms with Crippen LogP contribution in [0.25, 0.3) is 5.65 Å². The van der Waals surface area contributed by atoms with Crippen molar-refractivity contribution < 1.29 is 0 Å². The van der Waals surface area contributed by atoms with Gasteiger partial charge >= 0.3 is 0 Å². The number of hydrogen-bond acceptors (Lipinski definition) is 6. The monoisotopic (exact) mass is 379 g/mol. The molecular formula is C19H18ClN7. The maximum atomic E-state index is 8.96. The molecule has 7 nitrogen and oxygen atoms in total. The second-order valence-electron chi connectivity index (χ2n) is 7.26. The second kappa shape index (κ2) is 6.46.